The fourth-order valence-corrected chi connectivity index (χ4v) is 3.50. The summed E-state index contributed by atoms with van der Waals surface area (Å²) < 4.78 is 4.82. The van der Waals surface area contributed by atoms with Crippen molar-refractivity contribution in [3.05, 3.63) is 65.7 Å². The lowest BCUT2D eigenvalue weighted by Gasteiger charge is -2.13. The second-order valence-corrected chi connectivity index (χ2v) is 7.05. The molecule has 7 heteroatoms. The maximum absolute atomic E-state index is 11.9. The number of ether oxygens (including phenoxy) is 1. The van der Waals surface area contributed by atoms with Gasteiger partial charge >= 0.3 is 5.97 Å². The number of nitrogens with two attached hydrogens (primary N) is 2. The molecule has 0 radical (unpaired) electrons. The van der Waals surface area contributed by atoms with Crippen molar-refractivity contribution >= 4 is 22.8 Å². The Balaban J connectivity index is 1.91. The quantitative estimate of drug-likeness (QED) is 0.379. The molecule has 0 fully saturated rings. The molecule has 0 bridgehead atoms. The Bertz CT molecular complexity index is 1250. The van der Waals surface area contributed by atoms with Crippen LogP contribution in [0.4, 0.5) is 5.82 Å². The third kappa shape index (κ3) is 3.70. The predicted octanol–water partition coefficient (Wildman–Crippen LogP) is 3.36. The van der Waals surface area contributed by atoms with Gasteiger partial charge in [-0.2, -0.15) is 0 Å². The SMILES string of the molecule is COC(=O)Cc1cc(-c2cccc(CN)c2)c(O)c(-c2cc3nc(N)ccc3[nH]2)c1. The van der Waals surface area contributed by atoms with E-state index < -0.39 is 0 Å². The van der Waals surface area contributed by atoms with Crippen LogP contribution < -0.4 is 11.5 Å². The van der Waals surface area contributed by atoms with Crippen molar-refractivity contribution in [2.24, 2.45) is 5.73 Å². The van der Waals surface area contributed by atoms with E-state index >= 15 is 0 Å². The van der Waals surface area contributed by atoms with Crippen LogP contribution in [0.15, 0.2) is 54.6 Å². The topological polar surface area (TPSA) is 127 Å². The molecular weight excluding hydrogens is 380 g/mol. The maximum atomic E-state index is 11.9. The number of H-pyrrole nitrogens is 1. The minimum atomic E-state index is -0.362. The van der Waals surface area contributed by atoms with Crippen LogP contribution in [0, 0.1) is 0 Å². The Morgan fingerprint density at radius 2 is 1.90 bits per heavy atom. The van der Waals surface area contributed by atoms with Crippen LogP contribution in [0.3, 0.4) is 0 Å². The molecule has 2 heterocycles. The number of hydrogen-bond donors (Lipinski definition) is 4. The average molecular weight is 402 g/mol. The molecule has 4 aromatic rings. The maximum Gasteiger partial charge on any atom is 0.309 e. The van der Waals surface area contributed by atoms with Gasteiger partial charge < -0.3 is 26.3 Å². The van der Waals surface area contributed by atoms with Gasteiger partial charge in [0.15, 0.2) is 0 Å². The number of pyridine rings is 1. The molecule has 2 aromatic carbocycles. The monoisotopic (exact) mass is 402 g/mol. The molecule has 30 heavy (non-hydrogen) atoms. The highest BCUT2D eigenvalue weighted by Gasteiger charge is 2.17. The minimum absolute atomic E-state index is 0.0821. The molecule has 0 atom stereocenters. The van der Waals surface area contributed by atoms with Gasteiger partial charge in [0, 0.05) is 17.7 Å². The number of esters is 1. The first-order valence-electron chi connectivity index (χ1n) is 9.46. The lowest BCUT2D eigenvalue weighted by molar-refractivity contribution is -0.139. The van der Waals surface area contributed by atoms with Gasteiger partial charge in [-0.15, -0.1) is 0 Å². The Kier molecular flexibility index (Phi) is 5.12. The van der Waals surface area contributed by atoms with E-state index in [1.165, 1.54) is 7.11 Å². The van der Waals surface area contributed by atoms with Crippen LogP contribution in [0.5, 0.6) is 5.75 Å². The summed E-state index contributed by atoms with van der Waals surface area (Å²) in [6, 6.07) is 16.6. The number of phenols is 1. The van der Waals surface area contributed by atoms with E-state index in [0.717, 1.165) is 16.6 Å². The molecule has 152 valence electrons. The van der Waals surface area contributed by atoms with E-state index in [9.17, 15) is 9.90 Å². The van der Waals surface area contributed by atoms with Crippen molar-refractivity contribution < 1.29 is 14.6 Å². The van der Waals surface area contributed by atoms with Gasteiger partial charge in [0.25, 0.3) is 0 Å². The number of aromatic hydroxyl groups is 1. The summed E-state index contributed by atoms with van der Waals surface area (Å²) in [5, 5.41) is 11.1. The number of phenolic OH excluding ortho intramolecular Hbond substituents is 1. The molecule has 7 nitrogen and oxygen atoms in total. The van der Waals surface area contributed by atoms with E-state index in [0.29, 0.717) is 40.3 Å². The van der Waals surface area contributed by atoms with Gasteiger partial charge in [0.1, 0.15) is 11.6 Å². The van der Waals surface area contributed by atoms with Crippen LogP contribution in [0.25, 0.3) is 33.4 Å². The summed E-state index contributed by atoms with van der Waals surface area (Å²) in [4.78, 5) is 19.5. The normalized spacial score (nSPS) is 11.0. The van der Waals surface area contributed by atoms with Gasteiger partial charge in [-0.1, -0.05) is 18.2 Å². The number of rotatable bonds is 5. The van der Waals surface area contributed by atoms with Gasteiger partial charge in [0.2, 0.25) is 0 Å². The number of nitrogen functional groups attached to an aromatic ring is 1. The van der Waals surface area contributed by atoms with E-state index in [1.54, 1.807) is 18.2 Å². The van der Waals surface area contributed by atoms with E-state index in [1.807, 2.05) is 36.4 Å². The third-order valence-corrected chi connectivity index (χ3v) is 5.01. The molecule has 0 aliphatic carbocycles. The van der Waals surface area contributed by atoms with Gasteiger partial charge in [-0.3, -0.25) is 4.79 Å². The zero-order chi connectivity index (χ0) is 21.3. The van der Waals surface area contributed by atoms with Crippen LogP contribution >= 0.6 is 0 Å². The summed E-state index contributed by atoms with van der Waals surface area (Å²) in [5.41, 5.74) is 17.3. The van der Waals surface area contributed by atoms with Crippen molar-refractivity contribution in [3.63, 3.8) is 0 Å². The number of anilines is 1. The van der Waals surface area contributed by atoms with Gasteiger partial charge in [0.05, 0.1) is 30.3 Å². The van der Waals surface area contributed by atoms with Crippen molar-refractivity contribution in [2.75, 3.05) is 12.8 Å². The molecular formula is C23H22N4O3. The lowest BCUT2D eigenvalue weighted by atomic mass is 9.94. The summed E-state index contributed by atoms with van der Waals surface area (Å²) >= 11 is 0. The Hall–Kier alpha value is -3.84. The number of aromatic amines is 1. The number of nitrogens with zero attached hydrogens (tertiary/aromatic N) is 1. The summed E-state index contributed by atoms with van der Waals surface area (Å²) in [6.45, 7) is 0.387. The lowest BCUT2D eigenvalue weighted by Crippen LogP contribution is -2.05. The molecule has 2 aromatic heterocycles. The smallest absolute Gasteiger partial charge is 0.309 e. The summed E-state index contributed by atoms with van der Waals surface area (Å²) in [6.07, 6.45) is 0.0821. The first-order valence-corrected chi connectivity index (χ1v) is 9.46. The average Bonchev–Trinajstić information content (AvgIpc) is 3.17. The molecule has 6 N–H and O–H groups in total. The zero-order valence-corrected chi connectivity index (χ0v) is 16.5. The second kappa shape index (κ2) is 7.88. The number of nitrogens with one attached hydrogen (secondary N) is 1. The van der Waals surface area contributed by atoms with Gasteiger partial charge in [-0.05, 0) is 53.1 Å². The van der Waals surface area contributed by atoms with E-state index in [4.69, 9.17) is 16.2 Å². The molecule has 0 saturated carbocycles. The number of aromatic nitrogens is 2. The Morgan fingerprint density at radius 3 is 2.67 bits per heavy atom. The number of carbonyl (C=O) groups excluding carboxylic acids is 1. The van der Waals surface area contributed by atoms with E-state index in [-0.39, 0.29) is 18.1 Å². The summed E-state index contributed by atoms with van der Waals surface area (Å²) in [7, 11) is 1.35. The molecule has 0 aliphatic rings. The van der Waals surface area contributed by atoms with Crippen LogP contribution in [0.1, 0.15) is 11.1 Å². The van der Waals surface area contributed by atoms with Crippen molar-refractivity contribution in [3.8, 4) is 28.1 Å². The largest absolute Gasteiger partial charge is 0.507 e. The summed E-state index contributed by atoms with van der Waals surface area (Å²) in [5.74, 6) is 0.146. The first-order chi connectivity index (χ1) is 14.5. The Labute approximate surface area is 173 Å². The Morgan fingerprint density at radius 1 is 1.10 bits per heavy atom. The van der Waals surface area contributed by atoms with Crippen LogP contribution in [-0.2, 0) is 22.5 Å². The molecule has 0 spiro atoms. The van der Waals surface area contributed by atoms with Crippen molar-refractivity contribution in [1.82, 2.24) is 9.97 Å². The molecule has 0 aliphatic heterocycles. The number of hydrogen-bond acceptors (Lipinski definition) is 6. The van der Waals surface area contributed by atoms with Crippen molar-refractivity contribution in [1.29, 1.82) is 0 Å². The second-order valence-electron chi connectivity index (χ2n) is 7.05. The number of carbonyl (C=O) groups is 1. The molecule has 0 unspecified atom stereocenters. The fourth-order valence-electron chi connectivity index (χ4n) is 3.50. The van der Waals surface area contributed by atoms with Crippen molar-refractivity contribution in [2.45, 2.75) is 13.0 Å². The van der Waals surface area contributed by atoms with Gasteiger partial charge in [-0.25, -0.2) is 4.98 Å². The standard InChI is InChI=1S/C23H22N4O3/c1-30-22(28)10-14-8-16(15-4-2-3-13(7-15)12-24)23(29)17(9-14)19-11-20-18(26-19)5-6-21(25)27-20/h2-9,11,26,29H,10,12,24H2,1H3,(H2,25,27). The third-order valence-electron chi connectivity index (χ3n) is 5.01. The molecule has 0 saturated heterocycles. The highest BCUT2D eigenvalue weighted by atomic mass is 16.5. The highest BCUT2D eigenvalue weighted by molar-refractivity contribution is 5.89. The minimum Gasteiger partial charge on any atom is -0.507 e. The molecule has 0 amide bonds. The number of benzene rings is 2. The first kappa shape index (κ1) is 19.5. The van der Waals surface area contributed by atoms with E-state index in [2.05, 4.69) is 9.97 Å². The van der Waals surface area contributed by atoms with Crippen LogP contribution in [0.2, 0.25) is 0 Å². The molecule has 4 rings (SSSR count). The van der Waals surface area contributed by atoms with Crippen LogP contribution in [-0.4, -0.2) is 28.2 Å². The zero-order valence-electron chi connectivity index (χ0n) is 16.5. The predicted molar refractivity (Wildman–Crippen MR) is 117 cm³/mol. The number of methoxy groups -OCH3 is 1. The highest BCUT2D eigenvalue weighted by Crippen LogP contribution is 2.40. The number of fused-ring (bicyclic) bond motifs is 1. The fraction of sp³-hybridized carbons (Fsp3) is 0.130.